The molecule has 1 amide bonds. The number of benzene rings is 2. The number of nitrogens with one attached hydrogen (secondary N) is 2. The Bertz CT molecular complexity index is 840. The van der Waals surface area contributed by atoms with E-state index < -0.39 is 5.82 Å². The molecule has 1 atom stereocenters. The van der Waals surface area contributed by atoms with Gasteiger partial charge in [0.15, 0.2) is 0 Å². The first-order valence-corrected chi connectivity index (χ1v) is 9.56. The third kappa shape index (κ3) is 4.60. The van der Waals surface area contributed by atoms with Gasteiger partial charge in [-0.15, -0.1) is 0 Å². The number of nitrogens with zero attached hydrogens (tertiary/aromatic N) is 1. The first-order valence-electron chi connectivity index (χ1n) is 9.18. The molecular weight excluding hydrogens is 365 g/mol. The second kappa shape index (κ2) is 8.28. The average molecular weight is 390 g/mol. The molecule has 0 radical (unpaired) electrons. The van der Waals surface area contributed by atoms with Crippen LogP contribution in [-0.4, -0.2) is 23.4 Å². The van der Waals surface area contributed by atoms with Gasteiger partial charge >= 0.3 is 0 Å². The predicted octanol–water partition coefficient (Wildman–Crippen LogP) is 4.89. The number of halogens is 2. The van der Waals surface area contributed by atoms with Crippen LogP contribution in [0.2, 0.25) is 5.02 Å². The summed E-state index contributed by atoms with van der Waals surface area (Å²) in [6, 6.07) is 10.6. The molecule has 1 aliphatic heterocycles. The smallest absolute Gasteiger partial charge is 0.243 e. The normalized spacial score (nSPS) is 14.9. The van der Waals surface area contributed by atoms with Crippen LogP contribution < -0.4 is 10.6 Å². The molecule has 0 fully saturated rings. The molecule has 0 aliphatic carbocycles. The van der Waals surface area contributed by atoms with E-state index in [2.05, 4.69) is 42.4 Å². The van der Waals surface area contributed by atoms with E-state index in [1.54, 1.807) is 0 Å². The Balaban J connectivity index is 1.63. The van der Waals surface area contributed by atoms with Gasteiger partial charge in [0.25, 0.3) is 0 Å². The van der Waals surface area contributed by atoms with Gasteiger partial charge in [-0.25, -0.2) is 4.39 Å². The number of rotatable bonds is 6. The van der Waals surface area contributed by atoms with Gasteiger partial charge in [0.2, 0.25) is 5.91 Å². The molecule has 0 spiro atoms. The van der Waals surface area contributed by atoms with Crippen LogP contribution in [0.25, 0.3) is 0 Å². The summed E-state index contributed by atoms with van der Waals surface area (Å²) >= 11 is 5.96. The summed E-state index contributed by atoms with van der Waals surface area (Å²) in [5.74, 6) is -0.0791. The minimum Gasteiger partial charge on any atom is -0.376 e. The molecule has 1 unspecified atom stereocenters. The first-order chi connectivity index (χ1) is 12.8. The average Bonchev–Trinajstić information content (AvgIpc) is 3.06. The Hall–Kier alpha value is -2.11. The van der Waals surface area contributed by atoms with Crippen molar-refractivity contribution in [1.82, 2.24) is 4.90 Å². The molecule has 0 aromatic heterocycles. The molecule has 2 aromatic carbocycles. The number of fused-ring (bicyclic) bond motifs is 1. The van der Waals surface area contributed by atoms with Crippen molar-refractivity contribution in [2.24, 2.45) is 5.92 Å². The van der Waals surface area contributed by atoms with Gasteiger partial charge in [-0.2, -0.15) is 0 Å². The zero-order chi connectivity index (χ0) is 19.6. The maximum atomic E-state index is 13.1. The lowest BCUT2D eigenvalue weighted by Crippen LogP contribution is -2.32. The maximum Gasteiger partial charge on any atom is 0.243 e. The molecule has 1 aliphatic rings. The highest BCUT2D eigenvalue weighted by atomic mass is 35.5. The second-order valence-corrected chi connectivity index (χ2v) is 7.77. The minimum absolute atomic E-state index is 0.115. The summed E-state index contributed by atoms with van der Waals surface area (Å²) in [5.41, 5.74) is 3.93. The number of carbonyl (C=O) groups is 1. The van der Waals surface area contributed by atoms with Gasteiger partial charge in [0, 0.05) is 24.8 Å². The van der Waals surface area contributed by atoms with Crippen molar-refractivity contribution in [3.05, 3.63) is 58.4 Å². The van der Waals surface area contributed by atoms with E-state index in [9.17, 15) is 9.18 Å². The Kier molecular flexibility index (Phi) is 6.02. The number of amides is 1. The van der Waals surface area contributed by atoms with Gasteiger partial charge in [0.05, 0.1) is 17.3 Å². The Labute approximate surface area is 164 Å². The van der Waals surface area contributed by atoms with Crippen LogP contribution in [0.15, 0.2) is 36.4 Å². The molecule has 1 heterocycles. The molecule has 0 saturated carbocycles. The molecule has 0 bridgehead atoms. The second-order valence-electron chi connectivity index (χ2n) is 7.36. The fraction of sp³-hybridized carbons (Fsp3) is 0.381. The van der Waals surface area contributed by atoms with Crippen LogP contribution in [0.1, 0.15) is 31.9 Å². The van der Waals surface area contributed by atoms with Crippen molar-refractivity contribution < 1.29 is 9.18 Å². The largest absolute Gasteiger partial charge is 0.376 e. The number of anilines is 2. The summed E-state index contributed by atoms with van der Waals surface area (Å²) in [7, 11) is 0. The first kappa shape index (κ1) is 19.6. The quantitative estimate of drug-likeness (QED) is 0.739. The van der Waals surface area contributed by atoms with E-state index in [0.29, 0.717) is 17.6 Å². The SMILES string of the molecule is CC(C)C(C)N1Cc2cccc(NCC(=O)Nc3ccc(F)cc3Cl)c2C1. The zero-order valence-corrected chi connectivity index (χ0v) is 16.6. The number of hydrogen-bond donors (Lipinski definition) is 2. The van der Waals surface area contributed by atoms with E-state index in [-0.39, 0.29) is 17.5 Å². The molecule has 2 N–H and O–H groups in total. The van der Waals surface area contributed by atoms with E-state index in [0.717, 1.165) is 18.8 Å². The molecule has 2 aromatic rings. The van der Waals surface area contributed by atoms with Crippen LogP contribution >= 0.6 is 11.6 Å². The summed E-state index contributed by atoms with van der Waals surface area (Å²) in [5, 5.41) is 6.12. The zero-order valence-electron chi connectivity index (χ0n) is 15.9. The standard InChI is InChI=1S/C21H25ClFN3O/c1-13(2)14(3)26-11-15-5-4-6-19(17(15)12-26)24-10-21(27)25-20-8-7-16(23)9-18(20)22/h4-9,13-14,24H,10-12H2,1-3H3,(H,25,27). The van der Waals surface area contributed by atoms with Crippen LogP contribution in [0.4, 0.5) is 15.8 Å². The molecule has 0 saturated heterocycles. The van der Waals surface area contributed by atoms with Crippen LogP contribution in [0.5, 0.6) is 0 Å². The lowest BCUT2D eigenvalue weighted by molar-refractivity contribution is -0.114. The molecular formula is C21H25ClFN3O. The van der Waals surface area contributed by atoms with Crippen molar-refractivity contribution >= 4 is 28.9 Å². The Morgan fingerprint density at radius 3 is 2.67 bits per heavy atom. The summed E-state index contributed by atoms with van der Waals surface area (Å²) in [6.07, 6.45) is 0. The molecule has 27 heavy (non-hydrogen) atoms. The fourth-order valence-corrected chi connectivity index (χ4v) is 3.50. The van der Waals surface area contributed by atoms with Gasteiger partial charge < -0.3 is 10.6 Å². The van der Waals surface area contributed by atoms with E-state index in [1.165, 1.54) is 29.3 Å². The highest BCUT2D eigenvalue weighted by Gasteiger charge is 2.26. The van der Waals surface area contributed by atoms with Crippen molar-refractivity contribution in [3.8, 4) is 0 Å². The maximum absolute atomic E-state index is 13.1. The molecule has 144 valence electrons. The van der Waals surface area contributed by atoms with Gasteiger partial charge in [0.1, 0.15) is 5.82 Å². The Morgan fingerprint density at radius 2 is 1.96 bits per heavy atom. The predicted molar refractivity (Wildman–Crippen MR) is 109 cm³/mol. The lowest BCUT2D eigenvalue weighted by atomic mass is 10.1. The Morgan fingerprint density at radius 1 is 1.19 bits per heavy atom. The van der Waals surface area contributed by atoms with Crippen molar-refractivity contribution in [3.63, 3.8) is 0 Å². The van der Waals surface area contributed by atoms with Gasteiger partial charge in [-0.1, -0.05) is 37.6 Å². The van der Waals surface area contributed by atoms with E-state index in [4.69, 9.17) is 11.6 Å². The highest BCUT2D eigenvalue weighted by Crippen LogP contribution is 2.32. The molecule has 4 nitrogen and oxygen atoms in total. The van der Waals surface area contributed by atoms with E-state index in [1.807, 2.05) is 12.1 Å². The van der Waals surface area contributed by atoms with Gasteiger partial charge in [-0.3, -0.25) is 9.69 Å². The number of carbonyl (C=O) groups excluding carboxylic acids is 1. The summed E-state index contributed by atoms with van der Waals surface area (Å²) in [6.45, 7) is 8.65. The van der Waals surface area contributed by atoms with Crippen LogP contribution in [0, 0.1) is 11.7 Å². The van der Waals surface area contributed by atoms with Crippen molar-refractivity contribution in [2.75, 3.05) is 17.2 Å². The minimum atomic E-state index is -0.434. The van der Waals surface area contributed by atoms with Crippen molar-refractivity contribution in [2.45, 2.75) is 39.9 Å². The fourth-order valence-electron chi connectivity index (χ4n) is 3.28. The van der Waals surface area contributed by atoms with Crippen LogP contribution in [0.3, 0.4) is 0 Å². The van der Waals surface area contributed by atoms with E-state index >= 15 is 0 Å². The lowest BCUT2D eigenvalue weighted by Gasteiger charge is -2.27. The van der Waals surface area contributed by atoms with Gasteiger partial charge in [-0.05, 0) is 48.2 Å². The third-order valence-electron chi connectivity index (χ3n) is 5.19. The number of hydrogen-bond acceptors (Lipinski definition) is 3. The summed E-state index contributed by atoms with van der Waals surface area (Å²) in [4.78, 5) is 14.7. The monoisotopic (exact) mass is 389 g/mol. The molecule has 3 rings (SSSR count). The molecule has 6 heteroatoms. The summed E-state index contributed by atoms with van der Waals surface area (Å²) < 4.78 is 13.1. The third-order valence-corrected chi connectivity index (χ3v) is 5.51. The topological polar surface area (TPSA) is 44.4 Å². The highest BCUT2D eigenvalue weighted by molar-refractivity contribution is 6.33. The van der Waals surface area contributed by atoms with Crippen molar-refractivity contribution in [1.29, 1.82) is 0 Å². The van der Waals surface area contributed by atoms with Crippen LogP contribution in [-0.2, 0) is 17.9 Å².